The van der Waals surface area contributed by atoms with E-state index in [0.29, 0.717) is 39.0 Å². The van der Waals surface area contributed by atoms with Gasteiger partial charge in [-0.3, -0.25) is 15.0 Å². The van der Waals surface area contributed by atoms with Crippen LogP contribution < -0.4 is 16.0 Å². The summed E-state index contributed by atoms with van der Waals surface area (Å²) in [6, 6.07) is 12.1. The molecule has 0 spiro atoms. The zero-order chi connectivity index (χ0) is 28.0. The molecular weight excluding hydrogens is 539 g/mol. The number of fused-ring (bicyclic) bond motifs is 1. The van der Waals surface area contributed by atoms with Crippen molar-refractivity contribution in [3.8, 4) is 11.4 Å². The number of carbonyl (C=O) groups excluding carboxylic acids is 1. The van der Waals surface area contributed by atoms with Crippen LogP contribution in [0.2, 0.25) is 5.02 Å². The topological polar surface area (TPSA) is 164 Å². The van der Waals surface area contributed by atoms with Crippen molar-refractivity contribution in [3.63, 3.8) is 0 Å². The number of oxazole rings is 1. The molecule has 1 unspecified atom stereocenters. The highest BCUT2D eigenvalue weighted by atomic mass is 35.5. The van der Waals surface area contributed by atoms with Crippen LogP contribution in [-0.4, -0.2) is 42.5 Å². The molecule has 1 aliphatic heterocycles. The van der Waals surface area contributed by atoms with Gasteiger partial charge in [0.1, 0.15) is 23.2 Å². The van der Waals surface area contributed by atoms with Crippen LogP contribution in [0, 0.1) is 12.7 Å². The molecule has 0 radical (unpaired) electrons. The second kappa shape index (κ2) is 9.85. The fourth-order valence-corrected chi connectivity index (χ4v) is 4.83. The predicted molar refractivity (Wildman–Crippen MR) is 146 cm³/mol. The Labute approximate surface area is 230 Å². The highest BCUT2D eigenvalue weighted by Gasteiger charge is 2.35. The Morgan fingerprint density at radius 2 is 2.02 bits per heavy atom. The van der Waals surface area contributed by atoms with E-state index in [4.69, 9.17) is 26.7 Å². The molecule has 1 amide bonds. The number of anilines is 2. The SMILES string of the molecule is CC1=C(C(N)=O)C(c2ccc(C)cc2Cl)N=C(Nc2nc3ccc(F)cc3o2)N1c1cc(-c2nn[nH]n2)ccn1. The lowest BCUT2D eigenvalue weighted by molar-refractivity contribution is -0.114. The number of amides is 1. The van der Waals surface area contributed by atoms with Crippen molar-refractivity contribution in [3.05, 3.63) is 88.0 Å². The maximum Gasteiger partial charge on any atom is 0.302 e. The van der Waals surface area contributed by atoms with E-state index in [0.717, 1.165) is 5.56 Å². The van der Waals surface area contributed by atoms with Crippen LogP contribution in [-0.2, 0) is 4.79 Å². The molecule has 0 bridgehead atoms. The number of guanidine groups is 1. The molecule has 0 saturated carbocycles. The van der Waals surface area contributed by atoms with Crippen LogP contribution in [0.15, 0.2) is 75.4 Å². The minimum atomic E-state index is -0.855. The van der Waals surface area contributed by atoms with E-state index in [1.165, 1.54) is 18.2 Å². The number of carbonyl (C=O) groups is 1. The van der Waals surface area contributed by atoms with Crippen molar-refractivity contribution < 1.29 is 13.6 Å². The maximum absolute atomic E-state index is 13.8. The first-order valence-corrected chi connectivity index (χ1v) is 12.3. The Balaban J connectivity index is 1.52. The number of aromatic amines is 1. The maximum atomic E-state index is 13.8. The summed E-state index contributed by atoms with van der Waals surface area (Å²) in [5.74, 6) is -0.240. The van der Waals surface area contributed by atoms with Crippen LogP contribution in [0.3, 0.4) is 0 Å². The first-order chi connectivity index (χ1) is 19.3. The van der Waals surface area contributed by atoms with Gasteiger partial charge in [0.15, 0.2) is 5.58 Å². The first-order valence-electron chi connectivity index (χ1n) is 12.0. The Morgan fingerprint density at radius 3 is 2.77 bits per heavy atom. The van der Waals surface area contributed by atoms with Crippen molar-refractivity contribution in [2.45, 2.75) is 19.9 Å². The molecule has 1 atom stereocenters. The third-order valence-electron chi connectivity index (χ3n) is 6.33. The molecule has 6 rings (SSSR count). The number of halogens is 2. The number of benzene rings is 2. The van der Waals surface area contributed by atoms with Crippen molar-refractivity contribution >= 4 is 46.4 Å². The first kappa shape index (κ1) is 25.1. The number of allylic oxidation sites excluding steroid dienone is 1. The number of nitrogens with two attached hydrogens (primary N) is 1. The number of nitrogens with zero attached hydrogens (tertiary/aromatic N) is 7. The highest BCUT2D eigenvalue weighted by Crippen LogP contribution is 2.39. The molecule has 12 nitrogen and oxygen atoms in total. The lowest BCUT2D eigenvalue weighted by Gasteiger charge is -2.34. The zero-order valence-corrected chi connectivity index (χ0v) is 21.8. The summed E-state index contributed by atoms with van der Waals surface area (Å²) in [4.78, 5) is 28.2. The monoisotopic (exact) mass is 558 g/mol. The van der Waals surface area contributed by atoms with E-state index in [1.807, 2.05) is 13.0 Å². The Morgan fingerprint density at radius 1 is 1.18 bits per heavy atom. The van der Waals surface area contributed by atoms with Gasteiger partial charge in [-0.05, 0) is 55.0 Å². The van der Waals surface area contributed by atoms with E-state index in [2.05, 4.69) is 35.9 Å². The van der Waals surface area contributed by atoms with Crippen LogP contribution >= 0.6 is 11.6 Å². The van der Waals surface area contributed by atoms with E-state index in [9.17, 15) is 9.18 Å². The average Bonchev–Trinajstić information content (AvgIpc) is 3.58. The molecular formula is C26H20ClFN10O2. The summed E-state index contributed by atoms with van der Waals surface area (Å²) >= 11 is 6.61. The number of primary amides is 1. The molecule has 40 heavy (non-hydrogen) atoms. The molecule has 0 saturated heterocycles. The summed E-state index contributed by atoms with van der Waals surface area (Å²) in [6.07, 6.45) is 1.56. The largest absolute Gasteiger partial charge is 0.423 e. The molecule has 200 valence electrons. The number of tetrazole rings is 1. The minimum Gasteiger partial charge on any atom is -0.423 e. The number of aryl methyl sites for hydroxylation is 1. The normalized spacial score (nSPS) is 15.4. The van der Waals surface area contributed by atoms with Gasteiger partial charge in [0.05, 0.1) is 5.57 Å². The molecule has 5 aromatic rings. The third-order valence-corrected chi connectivity index (χ3v) is 6.65. The quantitative estimate of drug-likeness (QED) is 0.285. The number of rotatable bonds is 5. The summed E-state index contributed by atoms with van der Waals surface area (Å²) < 4.78 is 19.5. The van der Waals surface area contributed by atoms with Crippen LogP contribution in [0.25, 0.3) is 22.5 Å². The van der Waals surface area contributed by atoms with Gasteiger partial charge < -0.3 is 10.2 Å². The summed E-state index contributed by atoms with van der Waals surface area (Å²) in [5, 5.41) is 17.6. The minimum absolute atomic E-state index is 0.0442. The van der Waals surface area contributed by atoms with Gasteiger partial charge in [-0.25, -0.2) is 14.4 Å². The second-order valence-corrected chi connectivity index (χ2v) is 9.38. The van der Waals surface area contributed by atoms with E-state index < -0.39 is 17.8 Å². The molecule has 4 heterocycles. The highest BCUT2D eigenvalue weighted by molar-refractivity contribution is 6.31. The molecule has 0 aliphatic carbocycles. The van der Waals surface area contributed by atoms with Gasteiger partial charge in [-0.2, -0.15) is 10.2 Å². The van der Waals surface area contributed by atoms with Crippen molar-refractivity contribution in [1.29, 1.82) is 0 Å². The number of H-pyrrole nitrogens is 1. The van der Waals surface area contributed by atoms with Gasteiger partial charge in [-0.15, -0.1) is 10.2 Å². The predicted octanol–water partition coefficient (Wildman–Crippen LogP) is 4.29. The molecule has 3 aromatic heterocycles. The van der Waals surface area contributed by atoms with Gasteiger partial charge in [-0.1, -0.05) is 23.7 Å². The fraction of sp³-hybridized carbons (Fsp3) is 0.115. The molecule has 14 heteroatoms. The Kier molecular flexibility index (Phi) is 6.19. The zero-order valence-electron chi connectivity index (χ0n) is 21.1. The smallest absolute Gasteiger partial charge is 0.302 e. The molecule has 0 fully saturated rings. The van der Waals surface area contributed by atoms with Gasteiger partial charge in [0, 0.05) is 34.1 Å². The molecule has 2 aromatic carbocycles. The number of pyridine rings is 1. The summed E-state index contributed by atoms with van der Waals surface area (Å²) in [6.45, 7) is 3.62. The van der Waals surface area contributed by atoms with Gasteiger partial charge in [0.25, 0.3) is 0 Å². The lowest BCUT2D eigenvalue weighted by Crippen LogP contribution is -2.42. The number of hydrogen-bond donors (Lipinski definition) is 3. The van der Waals surface area contributed by atoms with Crippen LogP contribution in [0.4, 0.5) is 16.2 Å². The van der Waals surface area contributed by atoms with Gasteiger partial charge >= 0.3 is 6.01 Å². The van der Waals surface area contributed by atoms with Crippen molar-refractivity contribution in [2.24, 2.45) is 10.7 Å². The standard InChI is InChI=1S/C26H20ClFN10O2/c1-12-3-5-16(17(27)9-12)22-21(23(29)39)13(2)38(20-10-14(7-8-30-20)24-34-36-37-35-24)25(32-22)33-26-31-18-6-4-15(28)11-19(18)40-26/h3-11,22H,1-2H3,(H2,29,39)(H,31,32,33)(H,34,35,36,37). The van der Waals surface area contributed by atoms with E-state index in [1.54, 1.807) is 42.3 Å². The van der Waals surface area contributed by atoms with E-state index >= 15 is 0 Å². The van der Waals surface area contributed by atoms with Crippen LogP contribution in [0.1, 0.15) is 24.1 Å². The molecule has 4 N–H and O–H groups in total. The Bertz CT molecular complexity index is 1830. The number of nitrogens with one attached hydrogen (secondary N) is 2. The number of aromatic nitrogens is 6. The number of aliphatic imine (C=N–C) groups is 1. The number of hydrogen-bond acceptors (Lipinski definition) is 10. The van der Waals surface area contributed by atoms with Crippen LogP contribution in [0.5, 0.6) is 0 Å². The third kappa shape index (κ3) is 4.52. The average molecular weight is 559 g/mol. The Hall–Kier alpha value is -5.17. The summed E-state index contributed by atoms with van der Waals surface area (Å²) in [7, 11) is 0. The van der Waals surface area contributed by atoms with Crippen molar-refractivity contribution in [2.75, 3.05) is 10.2 Å². The summed E-state index contributed by atoms with van der Waals surface area (Å²) in [5.41, 5.74) is 9.35. The van der Waals surface area contributed by atoms with Crippen molar-refractivity contribution in [1.82, 2.24) is 30.6 Å². The van der Waals surface area contributed by atoms with Gasteiger partial charge in [0.2, 0.25) is 17.7 Å². The van der Waals surface area contributed by atoms with E-state index in [-0.39, 0.29) is 23.1 Å². The lowest BCUT2D eigenvalue weighted by atomic mass is 9.94. The molecule has 1 aliphatic rings. The second-order valence-electron chi connectivity index (χ2n) is 8.97. The fourth-order valence-electron chi connectivity index (χ4n) is 4.49.